The average Bonchev–Trinajstić information content (AvgIpc) is 3.30. The van der Waals surface area contributed by atoms with Gasteiger partial charge in [-0.3, -0.25) is 14.3 Å². The number of nitrogens with zero attached hydrogens (tertiary/aromatic N) is 3. The van der Waals surface area contributed by atoms with Crippen LogP contribution in [0.4, 0.5) is 5.82 Å². The number of carbonyl (C=O) groups is 2. The van der Waals surface area contributed by atoms with Crippen LogP contribution < -0.4 is 5.32 Å². The predicted molar refractivity (Wildman–Crippen MR) is 109 cm³/mol. The van der Waals surface area contributed by atoms with E-state index in [1.54, 1.807) is 29.7 Å². The summed E-state index contributed by atoms with van der Waals surface area (Å²) in [7, 11) is 3.51. The summed E-state index contributed by atoms with van der Waals surface area (Å²) in [6.07, 6.45) is 5.09. The molecule has 6 nitrogen and oxygen atoms in total. The molecule has 1 N–H and O–H groups in total. The highest BCUT2D eigenvalue weighted by Gasteiger charge is 2.19. The van der Waals surface area contributed by atoms with Crippen LogP contribution in [0, 0.1) is 0 Å². The maximum Gasteiger partial charge on any atom is 0.257 e. The first kappa shape index (κ1) is 18.2. The molecule has 1 aliphatic carbocycles. The molecule has 6 heteroatoms. The fourth-order valence-electron chi connectivity index (χ4n) is 3.80. The number of hydrogen-bond donors (Lipinski definition) is 1. The van der Waals surface area contributed by atoms with E-state index in [1.165, 1.54) is 16.5 Å². The molecule has 0 atom stereocenters. The zero-order valence-corrected chi connectivity index (χ0v) is 16.2. The first-order chi connectivity index (χ1) is 13.5. The maximum absolute atomic E-state index is 12.8. The lowest BCUT2D eigenvalue weighted by atomic mass is 9.99. The van der Waals surface area contributed by atoms with E-state index in [2.05, 4.69) is 22.5 Å². The van der Waals surface area contributed by atoms with Gasteiger partial charge in [0, 0.05) is 44.9 Å². The highest BCUT2D eigenvalue weighted by Crippen LogP contribution is 2.32. The summed E-state index contributed by atoms with van der Waals surface area (Å²) >= 11 is 0. The third kappa shape index (κ3) is 3.50. The Kier molecular flexibility index (Phi) is 4.86. The number of aromatic nitrogens is 2. The number of rotatable bonds is 6. The average molecular weight is 376 g/mol. The Morgan fingerprint density at radius 3 is 2.68 bits per heavy atom. The second-order valence-electron chi connectivity index (χ2n) is 7.42. The Hall–Kier alpha value is -3.15. The van der Waals surface area contributed by atoms with Gasteiger partial charge in [-0.25, -0.2) is 0 Å². The predicted octanol–water partition coefficient (Wildman–Crippen LogP) is 3.26. The number of carbonyl (C=O) groups excluding carboxylic acids is 2. The molecule has 4 rings (SSSR count). The van der Waals surface area contributed by atoms with Gasteiger partial charge in [-0.1, -0.05) is 24.3 Å². The molecule has 0 spiro atoms. The fraction of sp³-hybridized carbons (Fsp3) is 0.318. The molecular formula is C22H24N4O2. The highest BCUT2D eigenvalue weighted by molar-refractivity contribution is 6.14. The van der Waals surface area contributed by atoms with E-state index < -0.39 is 0 Å². The van der Waals surface area contributed by atoms with Gasteiger partial charge < -0.3 is 10.2 Å². The van der Waals surface area contributed by atoms with Gasteiger partial charge in [-0.05, 0) is 47.2 Å². The van der Waals surface area contributed by atoms with Crippen molar-refractivity contribution in [3.8, 4) is 0 Å². The Morgan fingerprint density at radius 2 is 1.89 bits per heavy atom. The molecule has 0 fully saturated rings. The highest BCUT2D eigenvalue weighted by atomic mass is 16.2. The summed E-state index contributed by atoms with van der Waals surface area (Å²) in [5.74, 6) is 0.476. The second kappa shape index (κ2) is 7.46. The molecule has 0 bridgehead atoms. The summed E-state index contributed by atoms with van der Waals surface area (Å²) in [6.45, 7) is 0.635. The number of amides is 2. The van der Waals surface area contributed by atoms with Crippen molar-refractivity contribution in [1.82, 2.24) is 14.7 Å². The molecule has 2 amide bonds. The summed E-state index contributed by atoms with van der Waals surface area (Å²) < 4.78 is 1.76. The van der Waals surface area contributed by atoms with Crippen LogP contribution in [0.1, 0.15) is 34.3 Å². The molecule has 2 aromatic carbocycles. The number of hydrogen-bond acceptors (Lipinski definition) is 3. The smallest absolute Gasteiger partial charge is 0.257 e. The molecule has 144 valence electrons. The van der Waals surface area contributed by atoms with E-state index in [1.807, 2.05) is 24.4 Å². The lowest BCUT2D eigenvalue weighted by Crippen LogP contribution is -2.21. The van der Waals surface area contributed by atoms with Crippen molar-refractivity contribution >= 4 is 28.4 Å². The van der Waals surface area contributed by atoms with E-state index >= 15 is 0 Å². The fourth-order valence-corrected chi connectivity index (χ4v) is 3.80. The number of aryl methyl sites for hydroxylation is 3. The van der Waals surface area contributed by atoms with Crippen molar-refractivity contribution < 1.29 is 9.59 Å². The maximum atomic E-state index is 12.8. The number of nitrogens with one attached hydrogen (secondary N) is 1. The van der Waals surface area contributed by atoms with Gasteiger partial charge in [0.25, 0.3) is 5.91 Å². The van der Waals surface area contributed by atoms with Crippen molar-refractivity contribution in [3.05, 3.63) is 59.3 Å². The van der Waals surface area contributed by atoms with E-state index in [0.29, 0.717) is 30.8 Å². The molecule has 0 unspecified atom stereocenters. The molecule has 1 aromatic heterocycles. The number of benzene rings is 2. The van der Waals surface area contributed by atoms with Gasteiger partial charge in [-0.15, -0.1) is 0 Å². The van der Waals surface area contributed by atoms with E-state index in [-0.39, 0.29) is 11.8 Å². The summed E-state index contributed by atoms with van der Waals surface area (Å²) in [4.78, 5) is 26.1. The Balaban J connectivity index is 1.45. The molecule has 0 saturated carbocycles. The zero-order chi connectivity index (χ0) is 19.7. The van der Waals surface area contributed by atoms with Crippen molar-refractivity contribution in [3.63, 3.8) is 0 Å². The van der Waals surface area contributed by atoms with Crippen LogP contribution in [-0.4, -0.2) is 40.6 Å². The van der Waals surface area contributed by atoms with Gasteiger partial charge in [0.05, 0.1) is 0 Å². The van der Waals surface area contributed by atoms with Crippen LogP contribution in [0.5, 0.6) is 0 Å². The van der Waals surface area contributed by atoms with Crippen LogP contribution in [0.2, 0.25) is 0 Å². The first-order valence-electron chi connectivity index (χ1n) is 9.61. The number of anilines is 1. The van der Waals surface area contributed by atoms with E-state index in [0.717, 1.165) is 18.2 Å². The van der Waals surface area contributed by atoms with Gasteiger partial charge >= 0.3 is 0 Å². The minimum Gasteiger partial charge on any atom is -0.349 e. The SMILES string of the molecule is CN(C)C(=O)CCCn1ccc(NC(=O)c2ccc3c4c(cccc24)CC3)n1. The molecule has 28 heavy (non-hydrogen) atoms. The van der Waals surface area contributed by atoms with Crippen molar-refractivity contribution in [2.75, 3.05) is 19.4 Å². The molecule has 3 aromatic rings. The van der Waals surface area contributed by atoms with Crippen LogP contribution in [0.15, 0.2) is 42.6 Å². The molecule has 1 aliphatic rings. The summed E-state index contributed by atoms with van der Waals surface area (Å²) in [5.41, 5.74) is 3.31. The van der Waals surface area contributed by atoms with Crippen LogP contribution in [0.25, 0.3) is 10.8 Å². The monoisotopic (exact) mass is 376 g/mol. The molecule has 0 radical (unpaired) electrons. The van der Waals surface area contributed by atoms with E-state index in [9.17, 15) is 9.59 Å². The van der Waals surface area contributed by atoms with Gasteiger partial charge in [-0.2, -0.15) is 5.10 Å². The zero-order valence-electron chi connectivity index (χ0n) is 16.2. The Labute approximate surface area is 164 Å². The van der Waals surface area contributed by atoms with Crippen molar-refractivity contribution in [2.24, 2.45) is 0 Å². The largest absolute Gasteiger partial charge is 0.349 e. The summed E-state index contributed by atoms with van der Waals surface area (Å²) in [5, 5.41) is 9.54. The third-order valence-corrected chi connectivity index (χ3v) is 5.28. The minimum atomic E-state index is -0.149. The second-order valence-corrected chi connectivity index (χ2v) is 7.42. The van der Waals surface area contributed by atoms with Crippen LogP contribution >= 0.6 is 0 Å². The van der Waals surface area contributed by atoms with Gasteiger partial charge in [0.1, 0.15) is 0 Å². The van der Waals surface area contributed by atoms with E-state index in [4.69, 9.17) is 0 Å². The quantitative estimate of drug-likeness (QED) is 0.718. The Morgan fingerprint density at radius 1 is 1.11 bits per heavy atom. The lowest BCUT2D eigenvalue weighted by molar-refractivity contribution is -0.128. The summed E-state index contributed by atoms with van der Waals surface area (Å²) in [6, 6.07) is 11.9. The standard InChI is InChI=1S/C22H24N4O2/c1-25(2)20(27)7-4-13-26-14-12-19(24-26)23-22(28)18-11-10-16-9-8-15-5-3-6-17(18)21(15)16/h3,5-6,10-12,14H,4,7-9,13H2,1-2H3,(H,23,24,28). The van der Waals surface area contributed by atoms with Crippen molar-refractivity contribution in [1.29, 1.82) is 0 Å². The van der Waals surface area contributed by atoms with Crippen LogP contribution in [0.3, 0.4) is 0 Å². The van der Waals surface area contributed by atoms with Gasteiger partial charge in [0.2, 0.25) is 5.91 Å². The minimum absolute atomic E-state index is 0.104. The molecule has 1 heterocycles. The molecular weight excluding hydrogens is 352 g/mol. The topological polar surface area (TPSA) is 67.2 Å². The Bertz CT molecular complexity index is 1040. The van der Waals surface area contributed by atoms with Crippen LogP contribution in [-0.2, 0) is 24.2 Å². The normalized spacial score (nSPS) is 12.4. The lowest BCUT2D eigenvalue weighted by Gasteiger charge is -2.10. The van der Waals surface area contributed by atoms with Crippen molar-refractivity contribution in [2.45, 2.75) is 32.2 Å². The van der Waals surface area contributed by atoms with Gasteiger partial charge in [0.15, 0.2) is 5.82 Å². The molecule has 0 aliphatic heterocycles. The molecule has 0 saturated heterocycles. The third-order valence-electron chi connectivity index (χ3n) is 5.28. The first-order valence-corrected chi connectivity index (χ1v) is 9.61.